The number of nitrogens with one attached hydrogen (secondary N) is 1. The van der Waals surface area contributed by atoms with Crippen LogP contribution in [0.25, 0.3) is 0 Å². The molecule has 7 nitrogen and oxygen atoms in total. The molecule has 4 rings (SSSR count). The zero-order chi connectivity index (χ0) is 16.0. The Labute approximate surface area is 134 Å². The normalized spacial score (nSPS) is 17.1. The summed E-state index contributed by atoms with van der Waals surface area (Å²) in [5.41, 5.74) is 2.20. The number of anilines is 1. The van der Waals surface area contributed by atoms with Crippen molar-refractivity contribution in [1.29, 1.82) is 5.26 Å². The van der Waals surface area contributed by atoms with Crippen LogP contribution in [0.2, 0.25) is 0 Å². The molecule has 0 amide bonds. The van der Waals surface area contributed by atoms with Crippen molar-refractivity contribution >= 4 is 5.82 Å². The van der Waals surface area contributed by atoms with E-state index in [0.717, 1.165) is 22.9 Å². The minimum Gasteiger partial charge on any atom is -0.360 e. The standard InChI is InChI=1S/C16H19N7/c1-9-10(2)19-21-15(13(9)7-17)18-8-14-20-22-16(11-3-4-11)23(14)12-5-6-12/h11-12H,3-6,8H2,1-2H3,(H,18,21). The minimum absolute atomic E-state index is 0.516. The van der Waals surface area contributed by atoms with Gasteiger partial charge in [-0.2, -0.15) is 10.4 Å². The molecule has 0 radical (unpaired) electrons. The Morgan fingerprint density at radius 1 is 1.13 bits per heavy atom. The molecule has 118 valence electrons. The van der Waals surface area contributed by atoms with Gasteiger partial charge in [-0.3, -0.25) is 0 Å². The summed E-state index contributed by atoms with van der Waals surface area (Å²) in [7, 11) is 0. The predicted molar refractivity (Wildman–Crippen MR) is 83.8 cm³/mol. The van der Waals surface area contributed by atoms with Crippen molar-refractivity contribution in [2.24, 2.45) is 0 Å². The highest BCUT2D eigenvalue weighted by molar-refractivity contribution is 5.55. The second kappa shape index (κ2) is 5.30. The van der Waals surface area contributed by atoms with Crippen LogP contribution in [0.15, 0.2) is 0 Å². The molecule has 2 heterocycles. The van der Waals surface area contributed by atoms with E-state index < -0.39 is 0 Å². The maximum atomic E-state index is 9.37. The van der Waals surface area contributed by atoms with Gasteiger partial charge in [0.1, 0.15) is 17.5 Å². The Kier molecular flexibility index (Phi) is 3.26. The van der Waals surface area contributed by atoms with E-state index in [1.165, 1.54) is 25.7 Å². The topological polar surface area (TPSA) is 92.3 Å². The fourth-order valence-electron chi connectivity index (χ4n) is 2.84. The molecule has 2 saturated carbocycles. The van der Waals surface area contributed by atoms with E-state index in [1.807, 2.05) is 13.8 Å². The van der Waals surface area contributed by atoms with Crippen LogP contribution in [-0.4, -0.2) is 25.0 Å². The van der Waals surface area contributed by atoms with E-state index in [2.05, 4.69) is 36.3 Å². The average Bonchev–Trinajstić information content (AvgIpc) is 3.47. The summed E-state index contributed by atoms with van der Waals surface area (Å²) in [6, 6.07) is 2.77. The zero-order valence-corrected chi connectivity index (χ0v) is 13.4. The lowest BCUT2D eigenvalue weighted by Crippen LogP contribution is -2.12. The summed E-state index contributed by atoms with van der Waals surface area (Å²) in [4.78, 5) is 0. The highest BCUT2D eigenvalue weighted by atomic mass is 15.3. The summed E-state index contributed by atoms with van der Waals surface area (Å²) >= 11 is 0. The average molecular weight is 309 g/mol. The van der Waals surface area contributed by atoms with Crippen LogP contribution in [0, 0.1) is 25.2 Å². The monoisotopic (exact) mass is 309 g/mol. The van der Waals surface area contributed by atoms with Crippen LogP contribution in [0.4, 0.5) is 5.82 Å². The third-order valence-corrected chi connectivity index (χ3v) is 4.63. The minimum atomic E-state index is 0.516. The first-order valence-corrected chi connectivity index (χ1v) is 8.10. The van der Waals surface area contributed by atoms with Gasteiger partial charge >= 0.3 is 0 Å². The van der Waals surface area contributed by atoms with Gasteiger partial charge in [0.15, 0.2) is 11.6 Å². The van der Waals surface area contributed by atoms with E-state index in [1.54, 1.807) is 0 Å². The second-order valence-corrected chi connectivity index (χ2v) is 6.45. The summed E-state index contributed by atoms with van der Waals surface area (Å²) in [6.45, 7) is 4.27. The Morgan fingerprint density at radius 3 is 2.57 bits per heavy atom. The summed E-state index contributed by atoms with van der Waals surface area (Å²) in [6.07, 6.45) is 4.86. The Morgan fingerprint density at radius 2 is 1.91 bits per heavy atom. The third-order valence-electron chi connectivity index (χ3n) is 4.63. The molecule has 0 spiro atoms. The maximum Gasteiger partial charge on any atom is 0.167 e. The Bertz CT molecular complexity index is 793. The molecule has 1 N–H and O–H groups in total. The SMILES string of the molecule is Cc1nnc(NCc2nnc(C3CC3)n2C2CC2)c(C#N)c1C. The molecule has 0 unspecified atom stereocenters. The summed E-state index contributed by atoms with van der Waals surface area (Å²) in [5.74, 6) is 3.18. The van der Waals surface area contributed by atoms with Crippen molar-refractivity contribution in [3.05, 3.63) is 28.5 Å². The smallest absolute Gasteiger partial charge is 0.167 e. The van der Waals surface area contributed by atoms with Gasteiger partial charge in [-0.25, -0.2) is 0 Å². The Hall–Kier alpha value is -2.49. The van der Waals surface area contributed by atoms with Gasteiger partial charge in [0, 0.05) is 12.0 Å². The molecular formula is C16H19N7. The predicted octanol–water partition coefficient (Wildman–Crippen LogP) is 2.38. The zero-order valence-electron chi connectivity index (χ0n) is 13.4. The number of nitrogens with zero attached hydrogens (tertiary/aromatic N) is 6. The van der Waals surface area contributed by atoms with Crippen molar-refractivity contribution in [1.82, 2.24) is 25.0 Å². The van der Waals surface area contributed by atoms with E-state index in [4.69, 9.17) is 0 Å². The molecule has 0 bridgehead atoms. The van der Waals surface area contributed by atoms with Crippen LogP contribution in [0.5, 0.6) is 0 Å². The summed E-state index contributed by atoms with van der Waals surface area (Å²) in [5, 5.41) is 29.6. The fourth-order valence-corrected chi connectivity index (χ4v) is 2.84. The van der Waals surface area contributed by atoms with Gasteiger partial charge in [-0.05, 0) is 45.1 Å². The molecule has 2 aromatic rings. The third kappa shape index (κ3) is 2.54. The van der Waals surface area contributed by atoms with Gasteiger partial charge in [0.05, 0.1) is 12.2 Å². The first-order chi connectivity index (χ1) is 11.2. The highest BCUT2D eigenvalue weighted by Crippen LogP contribution is 2.44. The van der Waals surface area contributed by atoms with Crippen molar-refractivity contribution < 1.29 is 0 Å². The largest absolute Gasteiger partial charge is 0.360 e. The maximum absolute atomic E-state index is 9.37. The number of aryl methyl sites for hydroxylation is 1. The van der Waals surface area contributed by atoms with Gasteiger partial charge in [-0.1, -0.05) is 0 Å². The first-order valence-electron chi connectivity index (χ1n) is 8.10. The number of aromatic nitrogens is 5. The van der Waals surface area contributed by atoms with Crippen molar-refractivity contribution in [3.63, 3.8) is 0 Å². The lowest BCUT2D eigenvalue weighted by atomic mass is 10.1. The molecule has 2 fully saturated rings. The second-order valence-electron chi connectivity index (χ2n) is 6.45. The molecule has 0 saturated heterocycles. The van der Waals surface area contributed by atoms with E-state index in [0.29, 0.717) is 29.9 Å². The first kappa shape index (κ1) is 14.1. The molecule has 2 aromatic heterocycles. The summed E-state index contributed by atoms with van der Waals surface area (Å²) < 4.78 is 2.30. The van der Waals surface area contributed by atoms with Gasteiger partial charge < -0.3 is 9.88 Å². The number of nitriles is 1. The van der Waals surface area contributed by atoms with E-state index >= 15 is 0 Å². The fraction of sp³-hybridized carbons (Fsp3) is 0.562. The number of rotatable bonds is 5. The molecule has 0 aliphatic heterocycles. The number of hydrogen-bond acceptors (Lipinski definition) is 6. The molecule has 0 atom stereocenters. The molecule has 7 heteroatoms. The van der Waals surface area contributed by atoms with Crippen LogP contribution >= 0.6 is 0 Å². The van der Waals surface area contributed by atoms with Crippen LogP contribution < -0.4 is 5.32 Å². The molecule has 0 aromatic carbocycles. The molecular weight excluding hydrogens is 290 g/mol. The van der Waals surface area contributed by atoms with Crippen molar-refractivity contribution in [2.75, 3.05) is 5.32 Å². The highest BCUT2D eigenvalue weighted by Gasteiger charge is 2.36. The molecule has 23 heavy (non-hydrogen) atoms. The van der Waals surface area contributed by atoms with Crippen LogP contribution in [-0.2, 0) is 6.54 Å². The lowest BCUT2D eigenvalue weighted by Gasteiger charge is -2.11. The van der Waals surface area contributed by atoms with Crippen LogP contribution in [0.3, 0.4) is 0 Å². The van der Waals surface area contributed by atoms with Crippen molar-refractivity contribution in [2.45, 2.75) is 58.0 Å². The molecule has 2 aliphatic carbocycles. The van der Waals surface area contributed by atoms with Crippen molar-refractivity contribution in [3.8, 4) is 6.07 Å². The number of hydrogen-bond donors (Lipinski definition) is 1. The van der Waals surface area contributed by atoms with Crippen LogP contribution in [0.1, 0.15) is 66.1 Å². The van der Waals surface area contributed by atoms with E-state index in [-0.39, 0.29) is 0 Å². The van der Waals surface area contributed by atoms with Gasteiger partial charge in [0.2, 0.25) is 0 Å². The Balaban J connectivity index is 1.58. The van der Waals surface area contributed by atoms with Gasteiger partial charge in [0.25, 0.3) is 0 Å². The quantitative estimate of drug-likeness (QED) is 0.911. The lowest BCUT2D eigenvalue weighted by molar-refractivity contribution is 0.649. The molecule has 2 aliphatic rings. The van der Waals surface area contributed by atoms with E-state index in [9.17, 15) is 5.26 Å². The van der Waals surface area contributed by atoms with Gasteiger partial charge in [-0.15, -0.1) is 15.3 Å².